The van der Waals surface area contributed by atoms with E-state index in [0.717, 1.165) is 28.8 Å². The number of carbonyl (C=O) groups is 2. The van der Waals surface area contributed by atoms with Gasteiger partial charge in [-0.2, -0.15) is 0 Å². The number of benzene rings is 3. The largest absolute Gasteiger partial charge is 0.465 e. The number of carbonyl (C=O) groups excluding carboxylic acids is 2. The summed E-state index contributed by atoms with van der Waals surface area (Å²) in [6, 6.07) is 25.8. The number of esters is 1. The summed E-state index contributed by atoms with van der Waals surface area (Å²) in [4.78, 5) is 25.8. The van der Waals surface area contributed by atoms with Crippen molar-refractivity contribution >= 4 is 12.0 Å². The maximum absolute atomic E-state index is 12.0. The van der Waals surface area contributed by atoms with Gasteiger partial charge in [0.25, 0.3) is 0 Å². The fraction of sp³-hybridized carbons (Fsp3) is 0.394. The topological polar surface area (TPSA) is 109 Å². The van der Waals surface area contributed by atoms with Crippen molar-refractivity contribution in [2.75, 3.05) is 26.7 Å². The van der Waals surface area contributed by atoms with E-state index in [9.17, 15) is 14.7 Å². The molecule has 3 aromatic rings. The molecule has 0 aliphatic carbocycles. The molecule has 42 heavy (non-hydrogen) atoms. The van der Waals surface area contributed by atoms with Crippen LogP contribution in [0.15, 0.2) is 78.9 Å². The molecule has 0 aromatic heterocycles. The lowest BCUT2D eigenvalue weighted by Crippen LogP contribution is -2.39. The zero-order chi connectivity index (χ0) is 29.9. The predicted octanol–water partition coefficient (Wildman–Crippen LogP) is 4.78. The molecule has 0 saturated carbocycles. The van der Waals surface area contributed by atoms with Gasteiger partial charge in [0.15, 0.2) is 6.29 Å². The van der Waals surface area contributed by atoms with E-state index in [-0.39, 0.29) is 38.0 Å². The van der Waals surface area contributed by atoms with Crippen LogP contribution in [0.2, 0.25) is 0 Å². The summed E-state index contributed by atoms with van der Waals surface area (Å²) in [6.45, 7) is 5.02. The Morgan fingerprint density at radius 2 is 1.62 bits per heavy atom. The van der Waals surface area contributed by atoms with Crippen LogP contribution in [0.3, 0.4) is 0 Å². The molecule has 1 heterocycles. The number of ether oxygens (including phenoxy) is 3. The van der Waals surface area contributed by atoms with E-state index >= 15 is 0 Å². The lowest BCUT2D eigenvalue weighted by molar-refractivity contribution is -0.253. The molecule has 3 N–H and O–H groups in total. The third-order valence-corrected chi connectivity index (χ3v) is 7.45. The highest BCUT2D eigenvalue weighted by Gasteiger charge is 2.33. The van der Waals surface area contributed by atoms with Gasteiger partial charge in [0.1, 0.15) is 6.54 Å². The number of nitrogens with zero attached hydrogens (tertiary/aromatic N) is 1. The Morgan fingerprint density at radius 1 is 0.952 bits per heavy atom. The van der Waals surface area contributed by atoms with E-state index in [1.807, 2.05) is 54.6 Å². The average molecular weight is 576 g/mol. The minimum Gasteiger partial charge on any atom is -0.465 e. The van der Waals surface area contributed by atoms with E-state index < -0.39 is 18.3 Å². The summed E-state index contributed by atoms with van der Waals surface area (Å²) in [5, 5.41) is 14.7. The van der Waals surface area contributed by atoms with Crippen molar-refractivity contribution in [3.05, 3.63) is 107 Å². The van der Waals surface area contributed by atoms with Gasteiger partial charge in [-0.15, -0.1) is 0 Å². The second-order valence-corrected chi connectivity index (χ2v) is 10.5. The Labute approximate surface area is 247 Å². The molecule has 1 saturated heterocycles. The molecular formula is C33H41N3O6. The van der Waals surface area contributed by atoms with Crippen molar-refractivity contribution in [1.29, 1.82) is 0 Å². The molecule has 1 aliphatic heterocycles. The van der Waals surface area contributed by atoms with Gasteiger partial charge >= 0.3 is 12.0 Å². The number of aliphatic hydroxyl groups is 1. The summed E-state index contributed by atoms with van der Waals surface area (Å²) in [5.41, 5.74) is 4.92. The van der Waals surface area contributed by atoms with E-state index in [0.29, 0.717) is 13.0 Å². The molecule has 224 valence electrons. The molecule has 3 aromatic carbocycles. The fourth-order valence-corrected chi connectivity index (χ4v) is 4.90. The monoisotopic (exact) mass is 575 g/mol. The Hall–Kier alpha value is -3.76. The fourth-order valence-electron chi connectivity index (χ4n) is 4.90. The van der Waals surface area contributed by atoms with E-state index in [1.165, 1.54) is 5.56 Å². The van der Waals surface area contributed by atoms with Crippen molar-refractivity contribution in [2.24, 2.45) is 0 Å². The first-order valence-electron chi connectivity index (χ1n) is 14.4. The quantitative estimate of drug-likeness (QED) is 0.267. The molecule has 2 amide bonds. The van der Waals surface area contributed by atoms with Gasteiger partial charge in [-0.1, -0.05) is 78.9 Å². The smallest absolute Gasteiger partial charge is 0.325 e. The number of hydrogen-bond acceptors (Lipinski definition) is 7. The molecule has 9 nitrogen and oxygen atoms in total. The van der Waals surface area contributed by atoms with E-state index in [4.69, 9.17) is 14.2 Å². The van der Waals surface area contributed by atoms with Crippen molar-refractivity contribution in [1.82, 2.24) is 15.5 Å². The number of nitrogens with one attached hydrogen (secondary N) is 2. The maximum atomic E-state index is 12.0. The van der Waals surface area contributed by atoms with Gasteiger partial charge in [0.2, 0.25) is 0 Å². The van der Waals surface area contributed by atoms with Crippen LogP contribution in [0.25, 0.3) is 0 Å². The third kappa shape index (κ3) is 8.87. The van der Waals surface area contributed by atoms with Crippen LogP contribution in [0, 0.1) is 0 Å². The highest BCUT2D eigenvalue weighted by Crippen LogP contribution is 2.38. The van der Waals surface area contributed by atoms with Crippen LogP contribution in [-0.4, -0.2) is 54.9 Å². The standard InChI is InChI=1S/C33H41N3O6/c1-4-40-31(38)20-35-33(39)34-19-24-10-16-28(17-11-24)32-41-29(21-36(3)23(2)26-8-6-5-7-9-26)18-30(42-32)27-14-12-25(22-37)13-15-27/h5-17,23,29-30,32,37H,4,18-22H2,1-3H3,(H2,34,35,39). The van der Waals surface area contributed by atoms with Gasteiger partial charge in [-0.3, -0.25) is 9.69 Å². The summed E-state index contributed by atoms with van der Waals surface area (Å²) < 4.78 is 17.8. The van der Waals surface area contributed by atoms with Crippen LogP contribution in [0.5, 0.6) is 0 Å². The SMILES string of the molecule is CCOC(=O)CNC(=O)NCc1ccc(C2OC(CN(C)C(C)c3ccccc3)CC(c3ccc(CO)cc3)O2)cc1. The first-order chi connectivity index (χ1) is 20.4. The Morgan fingerprint density at radius 3 is 2.29 bits per heavy atom. The number of aliphatic hydroxyl groups excluding tert-OH is 1. The second-order valence-electron chi connectivity index (χ2n) is 10.5. The van der Waals surface area contributed by atoms with Crippen molar-refractivity contribution in [3.8, 4) is 0 Å². The van der Waals surface area contributed by atoms with Gasteiger partial charge in [0.05, 0.1) is 25.4 Å². The zero-order valence-corrected chi connectivity index (χ0v) is 24.5. The Bertz CT molecular complexity index is 1270. The molecule has 1 fully saturated rings. The third-order valence-electron chi connectivity index (χ3n) is 7.45. The number of likely N-dealkylation sites (N-methyl/N-ethyl adjacent to an activating group) is 1. The van der Waals surface area contributed by atoms with Crippen LogP contribution in [0.4, 0.5) is 4.79 Å². The lowest BCUT2D eigenvalue weighted by atomic mass is 9.99. The zero-order valence-electron chi connectivity index (χ0n) is 24.5. The number of rotatable bonds is 12. The highest BCUT2D eigenvalue weighted by molar-refractivity contribution is 5.80. The van der Waals surface area contributed by atoms with E-state index in [2.05, 4.69) is 53.8 Å². The summed E-state index contributed by atoms with van der Waals surface area (Å²) in [6.07, 6.45) is -0.121. The van der Waals surface area contributed by atoms with Crippen LogP contribution in [0.1, 0.15) is 66.5 Å². The highest BCUT2D eigenvalue weighted by atomic mass is 16.7. The maximum Gasteiger partial charge on any atom is 0.325 e. The molecule has 4 unspecified atom stereocenters. The second kappa shape index (κ2) is 15.5. The molecular weight excluding hydrogens is 534 g/mol. The molecule has 0 spiro atoms. The van der Waals surface area contributed by atoms with Crippen molar-refractivity contribution in [3.63, 3.8) is 0 Å². The lowest BCUT2D eigenvalue weighted by Gasteiger charge is -2.39. The van der Waals surface area contributed by atoms with Crippen LogP contribution < -0.4 is 10.6 Å². The van der Waals surface area contributed by atoms with Crippen LogP contribution >= 0.6 is 0 Å². The molecule has 0 bridgehead atoms. The average Bonchev–Trinajstić information content (AvgIpc) is 3.03. The van der Waals surface area contributed by atoms with Gasteiger partial charge in [-0.05, 0) is 43.1 Å². The molecule has 1 aliphatic rings. The number of amides is 2. The van der Waals surface area contributed by atoms with Crippen molar-refractivity contribution in [2.45, 2.75) is 58.0 Å². The molecule has 9 heteroatoms. The molecule has 4 atom stereocenters. The summed E-state index contributed by atoms with van der Waals surface area (Å²) in [7, 11) is 2.11. The van der Waals surface area contributed by atoms with Crippen molar-refractivity contribution < 1.29 is 28.9 Å². The molecule has 4 rings (SSSR count). The van der Waals surface area contributed by atoms with Gasteiger partial charge < -0.3 is 30.0 Å². The first kappa shape index (κ1) is 31.2. The minimum absolute atomic E-state index is 0.00338. The Kier molecular flexibility index (Phi) is 11.5. The van der Waals surface area contributed by atoms with Gasteiger partial charge in [-0.25, -0.2) is 4.79 Å². The summed E-state index contributed by atoms with van der Waals surface area (Å²) >= 11 is 0. The molecule has 0 radical (unpaired) electrons. The first-order valence-corrected chi connectivity index (χ1v) is 14.4. The number of hydrogen-bond donors (Lipinski definition) is 3. The normalized spacial score (nSPS) is 19.2. The van der Waals surface area contributed by atoms with Gasteiger partial charge in [0, 0.05) is 31.1 Å². The number of urea groups is 1. The predicted molar refractivity (Wildman–Crippen MR) is 159 cm³/mol. The van der Waals surface area contributed by atoms with Crippen LogP contribution in [-0.2, 0) is 32.2 Å². The van der Waals surface area contributed by atoms with E-state index in [1.54, 1.807) is 6.92 Å². The summed E-state index contributed by atoms with van der Waals surface area (Å²) in [5.74, 6) is -0.480. The Balaban J connectivity index is 1.42. The minimum atomic E-state index is -0.568.